The topological polar surface area (TPSA) is 110 Å². The van der Waals surface area contributed by atoms with Gasteiger partial charge in [0.05, 0.1) is 18.8 Å². The number of carbonyl (C=O) groups is 1. The highest BCUT2D eigenvalue weighted by atomic mass is 16.3. The molecule has 0 bridgehead atoms. The van der Waals surface area contributed by atoms with Crippen molar-refractivity contribution < 1.29 is 25.2 Å². The number of hydrogen-bond donors (Lipinski definition) is 5. The minimum Gasteiger partial charge on any atom is -0.394 e. The number of aliphatic hydroxyl groups excluding tert-OH is 4. The number of nitrogens with one attached hydrogen (secondary N) is 1. The van der Waals surface area contributed by atoms with Gasteiger partial charge in [-0.15, -0.1) is 0 Å². The summed E-state index contributed by atoms with van der Waals surface area (Å²) in [6, 6.07) is -0.995. The molecule has 0 spiro atoms. The van der Waals surface area contributed by atoms with Crippen LogP contribution in [0.4, 0.5) is 0 Å². The van der Waals surface area contributed by atoms with Gasteiger partial charge in [-0.1, -0.05) is 174 Å². The van der Waals surface area contributed by atoms with Crippen molar-refractivity contribution in [3.8, 4) is 0 Å². The summed E-state index contributed by atoms with van der Waals surface area (Å²) in [7, 11) is 0. The second kappa shape index (κ2) is 34.4. The molecule has 1 amide bonds. The van der Waals surface area contributed by atoms with Crippen molar-refractivity contribution in [2.75, 3.05) is 6.61 Å². The summed E-state index contributed by atoms with van der Waals surface area (Å²) in [5.41, 5.74) is 0. The van der Waals surface area contributed by atoms with Crippen LogP contribution in [0.1, 0.15) is 200 Å². The van der Waals surface area contributed by atoms with Gasteiger partial charge in [-0.25, -0.2) is 0 Å². The summed E-state index contributed by atoms with van der Waals surface area (Å²) in [5, 5.41) is 43.4. The Labute approximate surface area is 279 Å². The standard InChI is InChI=1S/C39H77NO5/c1-3-5-7-9-11-13-15-17-18-19-21-23-25-27-29-31-33-37(43)39(45)40-35(34-41)38(44)36(42)32-30-28-26-24-22-20-16-14-12-10-8-6-4-2/h24,26,35-38,41-44H,3-23,25,27-34H2,1-2H3,(H,40,45)/b26-24+. The summed E-state index contributed by atoms with van der Waals surface area (Å²) in [4.78, 5) is 12.4. The Kier molecular flexibility index (Phi) is 33.7. The maximum atomic E-state index is 12.4. The first-order valence-electron chi connectivity index (χ1n) is 19.6. The Morgan fingerprint density at radius 3 is 1.33 bits per heavy atom. The average molecular weight is 640 g/mol. The first-order valence-corrected chi connectivity index (χ1v) is 19.6. The molecule has 6 heteroatoms. The van der Waals surface area contributed by atoms with Crippen LogP contribution in [0.3, 0.4) is 0 Å². The maximum Gasteiger partial charge on any atom is 0.249 e. The van der Waals surface area contributed by atoms with E-state index in [0.29, 0.717) is 12.8 Å². The van der Waals surface area contributed by atoms with E-state index < -0.39 is 36.9 Å². The van der Waals surface area contributed by atoms with E-state index in [1.165, 1.54) is 135 Å². The van der Waals surface area contributed by atoms with E-state index in [2.05, 4.69) is 31.3 Å². The number of allylic oxidation sites excluding steroid dienone is 2. The smallest absolute Gasteiger partial charge is 0.249 e. The summed E-state index contributed by atoms with van der Waals surface area (Å²) < 4.78 is 0. The lowest BCUT2D eigenvalue weighted by Gasteiger charge is -2.27. The Morgan fingerprint density at radius 2 is 0.911 bits per heavy atom. The van der Waals surface area contributed by atoms with Crippen molar-refractivity contribution in [1.82, 2.24) is 5.32 Å². The molecule has 0 saturated carbocycles. The Morgan fingerprint density at radius 1 is 0.533 bits per heavy atom. The molecular formula is C39H77NO5. The Balaban J connectivity index is 3.81. The fraction of sp³-hybridized carbons (Fsp3) is 0.923. The molecule has 0 radical (unpaired) electrons. The first kappa shape index (κ1) is 44.0. The van der Waals surface area contributed by atoms with Crippen molar-refractivity contribution in [2.24, 2.45) is 0 Å². The zero-order valence-electron chi connectivity index (χ0n) is 29.9. The van der Waals surface area contributed by atoms with Crippen molar-refractivity contribution in [3.63, 3.8) is 0 Å². The Hall–Kier alpha value is -0.950. The molecular weight excluding hydrogens is 562 g/mol. The third-order valence-corrected chi connectivity index (χ3v) is 9.23. The number of amides is 1. The van der Waals surface area contributed by atoms with Crippen molar-refractivity contribution in [1.29, 1.82) is 0 Å². The van der Waals surface area contributed by atoms with E-state index >= 15 is 0 Å². The van der Waals surface area contributed by atoms with Crippen LogP contribution in [0.2, 0.25) is 0 Å². The molecule has 0 aliphatic heterocycles. The van der Waals surface area contributed by atoms with E-state index in [0.717, 1.165) is 38.5 Å². The second-order valence-electron chi connectivity index (χ2n) is 13.6. The molecule has 45 heavy (non-hydrogen) atoms. The number of rotatable bonds is 35. The van der Waals surface area contributed by atoms with Gasteiger partial charge in [-0.2, -0.15) is 0 Å². The lowest BCUT2D eigenvalue weighted by atomic mass is 10.00. The van der Waals surface area contributed by atoms with Gasteiger partial charge in [-0.3, -0.25) is 4.79 Å². The van der Waals surface area contributed by atoms with Gasteiger partial charge in [-0.05, 0) is 38.5 Å². The van der Waals surface area contributed by atoms with Gasteiger partial charge in [0.1, 0.15) is 12.2 Å². The predicted molar refractivity (Wildman–Crippen MR) is 191 cm³/mol. The van der Waals surface area contributed by atoms with Crippen LogP contribution in [-0.2, 0) is 4.79 Å². The SMILES string of the molecule is CCCCCCCCCC/C=C/CCCC(O)C(O)C(CO)NC(=O)C(O)CCCCCCCCCCCCCCCCCC. The average Bonchev–Trinajstić information content (AvgIpc) is 3.04. The normalized spacial score (nSPS) is 14.5. The van der Waals surface area contributed by atoms with Crippen LogP contribution >= 0.6 is 0 Å². The van der Waals surface area contributed by atoms with Crippen LogP contribution in [-0.4, -0.2) is 57.3 Å². The van der Waals surface area contributed by atoms with E-state index in [1.54, 1.807) is 0 Å². The largest absolute Gasteiger partial charge is 0.394 e. The lowest BCUT2D eigenvalue weighted by Crippen LogP contribution is -2.53. The number of unbranched alkanes of at least 4 members (excludes halogenated alkanes) is 24. The molecule has 4 unspecified atom stereocenters. The fourth-order valence-corrected chi connectivity index (χ4v) is 6.05. The molecule has 0 aromatic carbocycles. The maximum absolute atomic E-state index is 12.4. The molecule has 0 aliphatic rings. The van der Waals surface area contributed by atoms with Crippen LogP contribution in [0.15, 0.2) is 12.2 Å². The second-order valence-corrected chi connectivity index (χ2v) is 13.6. The summed E-state index contributed by atoms with van der Waals surface area (Å²) in [5.74, 6) is -0.592. The minimum absolute atomic E-state index is 0.367. The van der Waals surface area contributed by atoms with E-state index in [1.807, 2.05) is 0 Å². The van der Waals surface area contributed by atoms with Crippen LogP contribution in [0.25, 0.3) is 0 Å². The molecule has 0 fully saturated rings. The molecule has 4 atom stereocenters. The van der Waals surface area contributed by atoms with E-state index in [4.69, 9.17) is 0 Å². The quantitative estimate of drug-likeness (QED) is 0.0350. The van der Waals surface area contributed by atoms with Crippen molar-refractivity contribution >= 4 is 5.91 Å². The summed E-state index contributed by atoms with van der Waals surface area (Å²) >= 11 is 0. The van der Waals surface area contributed by atoms with Crippen LogP contribution in [0, 0.1) is 0 Å². The van der Waals surface area contributed by atoms with E-state index in [9.17, 15) is 25.2 Å². The fourth-order valence-electron chi connectivity index (χ4n) is 6.05. The van der Waals surface area contributed by atoms with Crippen LogP contribution < -0.4 is 5.32 Å². The van der Waals surface area contributed by atoms with Gasteiger partial charge in [0, 0.05) is 0 Å². The van der Waals surface area contributed by atoms with Gasteiger partial charge in [0.15, 0.2) is 0 Å². The molecule has 268 valence electrons. The van der Waals surface area contributed by atoms with E-state index in [-0.39, 0.29) is 0 Å². The van der Waals surface area contributed by atoms with Crippen molar-refractivity contribution in [2.45, 2.75) is 224 Å². The zero-order valence-corrected chi connectivity index (χ0v) is 29.9. The van der Waals surface area contributed by atoms with Crippen molar-refractivity contribution in [3.05, 3.63) is 12.2 Å². The highest BCUT2D eigenvalue weighted by molar-refractivity contribution is 5.80. The summed E-state index contributed by atoms with van der Waals surface area (Å²) in [6.45, 7) is 4.02. The van der Waals surface area contributed by atoms with Gasteiger partial charge in [0.25, 0.3) is 0 Å². The van der Waals surface area contributed by atoms with Gasteiger partial charge >= 0.3 is 0 Å². The molecule has 0 aromatic rings. The predicted octanol–water partition coefficient (Wildman–Crippen LogP) is 9.46. The number of hydrogen-bond acceptors (Lipinski definition) is 5. The molecule has 6 nitrogen and oxygen atoms in total. The lowest BCUT2D eigenvalue weighted by molar-refractivity contribution is -0.132. The zero-order chi connectivity index (χ0) is 33.2. The summed E-state index contributed by atoms with van der Waals surface area (Å²) in [6.07, 6.45) is 35.2. The molecule has 0 heterocycles. The number of aliphatic hydroxyl groups is 4. The Bertz CT molecular complexity index is 643. The first-order chi connectivity index (χ1) is 22.0. The third kappa shape index (κ3) is 29.0. The molecule has 0 aromatic heterocycles. The third-order valence-electron chi connectivity index (χ3n) is 9.23. The van der Waals surface area contributed by atoms with Gasteiger partial charge in [0.2, 0.25) is 5.91 Å². The molecule has 0 saturated heterocycles. The highest BCUT2D eigenvalue weighted by Gasteiger charge is 2.28. The highest BCUT2D eigenvalue weighted by Crippen LogP contribution is 2.15. The molecule has 0 aliphatic carbocycles. The minimum atomic E-state index is -1.27. The van der Waals surface area contributed by atoms with Gasteiger partial charge < -0.3 is 25.7 Å². The molecule has 5 N–H and O–H groups in total. The monoisotopic (exact) mass is 640 g/mol. The van der Waals surface area contributed by atoms with Crippen LogP contribution in [0.5, 0.6) is 0 Å². The number of carbonyl (C=O) groups excluding carboxylic acids is 1. The molecule has 0 rings (SSSR count).